The van der Waals surface area contributed by atoms with Gasteiger partial charge in [0, 0.05) is 18.2 Å². The minimum atomic E-state index is -0.723. The summed E-state index contributed by atoms with van der Waals surface area (Å²) in [5.74, 6) is -0.100. The molecule has 1 aliphatic carbocycles. The predicted molar refractivity (Wildman–Crippen MR) is 94.5 cm³/mol. The molecule has 2 amide bonds. The first-order valence-electron chi connectivity index (χ1n) is 7.76. The van der Waals surface area contributed by atoms with E-state index >= 15 is 0 Å². The standard InChI is InChI=1S/C17H25N3O2.ClH/c1-17(2,16(19)22)12-6-8-13(9-7-12)20-15(21)10-11-4-3-5-14(11)18;/h6-9,11,14H,3-5,10,18H2,1-2H3,(H2,19,22)(H,20,21);1H/t11-,14+;/m0./s1. The lowest BCUT2D eigenvalue weighted by Gasteiger charge is -2.21. The number of benzene rings is 1. The zero-order chi connectivity index (χ0) is 16.3. The number of carbonyl (C=O) groups is 2. The van der Waals surface area contributed by atoms with Gasteiger partial charge in [-0.2, -0.15) is 0 Å². The maximum absolute atomic E-state index is 12.1. The molecule has 2 atom stereocenters. The lowest BCUT2D eigenvalue weighted by atomic mass is 9.84. The summed E-state index contributed by atoms with van der Waals surface area (Å²) in [6, 6.07) is 7.38. The molecule has 2 rings (SSSR count). The maximum atomic E-state index is 12.1. The number of hydrogen-bond donors (Lipinski definition) is 3. The molecule has 0 spiro atoms. The van der Waals surface area contributed by atoms with E-state index in [-0.39, 0.29) is 36.2 Å². The van der Waals surface area contributed by atoms with Crippen molar-refractivity contribution in [2.45, 2.75) is 51.0 Å². The third-order valence-electron chi connectivity index (χ3n) is 4.67. The summed E-state index contributed by atoms with van der Waals surface area (Å²) in [4.78, 5) is 23.5. The molecule has 1 saturated carbocycles. The minimum absolute atomic E-state index is 0. The molecule has 128 valence electrons. The second-order valence-corrected chi connectivity index (χ2v) is 6.67. The van der Waals surface area contributed by atoms with Gasteiger partial charge in [0.25, 0.3) is 0 Å². The Kier molecular flexibility index (Phi) is 6.59. The largest absolute Gasteiger partial charge is 0.369 e. The number of nitrogens with one attached hydrogen (secondary N) is 1. The second-order valence-electron chi connectivity index (χ2n) is 6.67. The monoisotopic (exact) mass is 339 g/mol. The van der Waals surface area contributed by atoms with Crippen molar-refractivity contribution in [1.29, 1.82) is 0 Å². The molecule has 6 heteroatoms. The fourth-order valence-corrected chi connectivity index (χ4v) is 2.88. The van der Waals surface area contributed by atoms with Crippen molar-refractivity contribution in [3.8, 4) is 0 Å². The number of nitrogens with two attached hydrogens (primary N) is 2. The summed E-state index contributed by atoms with van der Waals surface area (Å²) < 4.78 is 0. The topological polar surface area (TPSA) is 98.2 Å². The Hall–Kier alpha value is -1.59. The van der Waals surface area contributed by atoms with Crippen molar-refractivity contribution < 1.29 is 9.59 Å². The highest BCUT2D eigenvalue weighted by molar-refractivity contribution is 5.91. The lowest BCUT2D eigenvalue weighted by Crippen LogP contribution is -2.35. The van der Waals surface area contributed by atoms with Crippen molar-refractivity contribution in [2.75, 3.05) is 5.32 Å². The second kappa shape index (κ2) is 7.79. The molecule has 1 aromatic rings. The van der Waals surface area contributed by atoms with Gasteiger partial charge in [-0.3, -0.25) is 9.59 Å². The number of primary amides is 1. The summed E-state index contributed by atoms with van der Waals surface area (Å²) in [7, 11) is 0. The quantitative estimate of drug-likeness (QED) is 0.767. The van der Waals surface area contributed by atoms with Crippen LogP contribution in [-0.2, 0) is 15.0 Å². The van der Waals surface area contributed by atoms with Crippen LogP contribution in [-0.4, -0.2) is 17.9 Å². The molecular formula is C17H26ClN3O2. The number of halogens is 1. The first kappa shape index (κ1) is 19.5. The number of carbonyl (C=O) groups excluding carboxylic acids is 2. The molecule has 0 unspecified atom stereocenters. The van der Waals surface area contributed by atoms with Crippen LogP contribution in [0.25, 0.3) is 0 Å². The molecule has 0 saturated heterocycles. The highest BCUT2D eigenvalue weighted by atomic mass is 35.5. The molecular weight excluding hydrogens is 314 g/mol. The molecule has 0 aliphatic heterocycles. The fourth-order valence-electron chi connectivity index (χ4n) is 2.88. The van der Waals surface area contributed by atoms with Crippen LogP contribution in [0.1, 0.15) is 45.1 Å². The Balaban J connectivity index is 0.00000264. The van der Waals surface area contributed by atoms with Gasteiger partial charge in [-0.05, 0) is 50.3 Å². The summed E-state index contributed by atoms with van der Waals surface area (Å²) in [6.45, 7) is 3.56. The van der Waals surface area contributed by atoms with Crippen molar-refractivity contribution >= 4 is 29.9 Å². The van der Waals surface area contributed by atoms with E-state index in [0.29, 0.717) is 6.42 Å². The minimum Gasteiger partial charge on any atom is -0.369 e. The van der Waals surface area contributed by atoms with Gasteiger partial charge in [-0.1, -0.05) is 18.6 Å². The lowest BCUT2D eigenvalue weighted by molar-refractivity contribution is -0.122. The molecule has 0 radical (unpaired) electrons. The van der Waals surface area contributed by atoms with Crippen LogP contribution in [0.4, 0.5) is 5.69 Å². The molecule has 23 heavy (non-hydrogen) atoms. The van der Waals surface area contributed by atoms with Crippen molar-refractivity contribution in [3.05, 3.63) is 29.8 Å². The number of anilines is 1. The van der Waals surface area contributed by atoms with Crippen molar-refractivity contribution in [1.82, 2.24) is 0 Å². The van der Waals surface area contributed by atoms with Gasteiger partial charge in [0.15, 0.2) is 0 Å². The molecule has 0 heterocycles. The van der Waals surface area contributed by atoms with Gasteiger partial charge in [-0.15, -0.1) is 12.4 Å². The summed E-state index contributed by atoms with van der Waals surface area (Å²) in [5.41, 5.74) is 12.2. The molecule has 1 aromatic carbocycles. The first-order chi connectivity index (χ1) is 10.3. The third kappa shape index (κ3) is 4.69. The summed E-state index contributed by atoms with van der Waals surface area (Å²) in [6.07, 6.45) is 3.61. The highest BCUT2D eigenvalue weighted by Crippen LogP contribution is 2.28. The van der Waals surface area contributed by atoms with Gasteiger partial charge in [0.1, 0.15) is 0 Å². The molecule has 1 aliphatic rings. The van der Waals surface area contributed by atoms with Crippen molar-refractivity contribution in [2.24, 2.45) is 17.4 Å². The molecule has 0 aromatic heterocycles. The normalized spacial score (nSPS) is 20.7. The Bertz CT molecular complexity index is 557. The van der Waals surface area contributed by atoms with Crippen LogP contribution in [0, 0.1) is 5.92 Å². The average molecular weight is 340 g/mol. The van der Waals surface area contributed by atoms with E-state index in [1.807, 2.05) is 12.1 Å². The Morgan fingerprint density at radius 3 is 2.30 bits per heavy atom. The van der Waals surface area contributed by atoms with Crippen LogP contribution in [0.5, 0.6) is 0 Å². The van der Waals surface area contributed by atoms with E-state index in [9.17, 15) is 9.59 Å². The van der Waals surface area contributed by atoms with Gasteiger partial charge >= 0.3 is 0 Å². The van der Waals surface area contributed by atoms with E-state index in [1.165, 1.54) is 0 Å². The van der Waals surface area contributed by atoms with Crippen LogP contribution < -0.4 is 16.8 Å². The van der Waals surface area contributed by atoms with Gasteiger partial charge in [-0.25, -0.2) is 0 Å². The molecule has 0 bridgehead atoms. The fraction of sp³-hybridized carbons (Fsp3) is 0.529. The molecule has 5 nitrogen and oxygen atoms in total. The van der Waals surface area contributed by atoms with Gasteiger partial charge in [0.05, 0.1) is 5.41 Å². The smallest absolute Gasteiger partial charge is 0.227 e. The van der Waals surface area contributed by atoms with Crippen molar-refractivity contribution in [3.63, 3.8) is 0 Å². The van der Waals surface area contributed by atoms with Crippen LogP contribution in [0.2, 0.25) is 0 Å². The third-order valence-corrected chi connectivity index (χ3v) is 4.67. The first-order valence-corrected chi connectivity index (χ1v) is 7.76. The van der Waals surface area contributed by atoms with E-state index in [1.54, 1.807) is 26.0 Å². The highest BCUT2D eigenvalue weighted by Gasteiger charge is 2.28. The molecule has 1 fully saturated rings. The summed E-state index contributed by atoms with van der Waals surface area (Å²) in [5, 5.41) is 2.89. The predicted octanol–water partition coefficient (Wildman–Crippen LogP) is 2.33. The Morgan fingerprint density at radius 1 is 1.22 bits per heavy atom. The number of amides is 2. The Morgan fingerprint density at radius 2 is 1.83 bits per heavy atom. The van der Waals surface area contributed by atoms with E-state index in [2.05, 4.69) is 5.32 Å². The zero-order valence-corrected chi connectivity index (χ0v) is 14.5. The molecule has 5 N–H and O–H groups in total. The van der Waals surface area contributed by atoms with E-state index in [4.69, 9.17) is 11.5 Å². The van der Waals surface area contributed by atoms with E-state index < -0.39 is 5.41 Å². The van der Waals surface area contributed by atoms with Gasteiger partial charge < -0.3 is 16.8 Å². The number of hydrogen-bond acceptors (Lipinski definition) is 3. The zero-order valence-electron chi connectivity index (χ0n) is 13.7. The van der Waals surface area contributed by atoms with Crippen LogP contribution >= 0.6 is 12.4 Å². The van der Waals surface area contributed by atoms with Gasteiger partial charge in [0.2, 0.25) is 11.8 Å². The van der Waals surface area contributed by atoms with E-state index in [0.717, 1.165) is 30.5 Å². The Labute approximate surface area is 143 Å². The number of rotatable bonds is 5. The summed E-state index contributed by atoms with van der Waals surface area (Å²) >= 11 is 0. The van der Waals surface area contributed by atoms with Crippen LogP contribution in [0.3, 0.4) is 0 Å². The average Bonchev–Trinajstić information content (AvgIpc) is 2.84. The SMILES string of the molecule is CC(C)(C(N)=O)c1ccc(NC(=O)C[C@@H]2CCC[C@H]2N)cc1.Cl. The van der Waals surface area contributed by atoms with Crippen LogP contribution in [0.15, 0.2) is 24.3 Å². The maximum Gasteiger partial charge on any atom is 0.227 e.